The van der Waals surface area contributed by atoms with Crippen molar-refractivity contribution in [2.24, 2.45) is 17.8 Å². The van der Waals surface area contributed by atoms with Crippen LogP contribution in [-0.2, 0) is 21.1 Å². The molecule has 0 aliphatic carbocycles. The van der Waals surface area contributed by atoms with E-state index >= 15 is 0 Å². The molecule has 1 aromatic heterocycles. The zero-order chi connectivity index (χ0) is 19.3. The zero-order valence-electron chi connectivity index (χ0n) is 16.0. The number of thioether (sulfide) groups is 1. The van der Waals surface area contributed by atoms with Gasteiger partial charge in [0.25, 0.3) is 5.22 Å². The second-order valence-electron chi connectivity index (χ2n) is 7.81. The third-order valence-corrected chi connectivity index (χ3v) is 6.72. The third-order valence-electron chi connectivity index (χ3n) is 4.08. The molecule has 0 N–H and O–H groups in total. The summed E-state index contributed by atoms with van der Waals surface area (Å²) in [7, 11) is -2.91. The van der Waals surface area contributed by atoms with E-state index in [1.807, 2.05) is 4.90 Å². The van der Waals surface area contributed by atoms with Crippen LogP contribution < -0.4 is 0 Å². The summed E-state index contributed by atoms with van der Waals surface area (Å²) in [5.41, 5.74) is 0. The smallest absolute Gasteiger partial charge is 0.277 e. The summed E-state index contributed by atoms with van der Waals surface area (Å²) in [6.45, 7) is 9.87. The monoisotopic (exact) mass is 403 g/mol. The van der Waals surface area contributed by atoms with Crippen molar-refractivity contribution in [3.63, 3.8) is 0 Å². The Bertz CT molecular complexity index is 691. The number of aromatic nitrogens is 2. The Kier molecular flexibility index (Phi) is 7.52. The molecule has 2 rings (SSSR count). The largest absolute Gasteiger partial charge is 0.416 e. The molecule has 9 heteroatoms. The van der Waals surface area contributed by atoms with Crippen LogP contribution in [0.2, 0.25) is 0 Å². The van der Waals surface area contributed by atoms with E-state index in [1.165, 1.54) is 11.8 Å². The fraction of sp³-hybridized carbons (Fsp3) is 0.824. The number of hydrogen-bond donors (Lipinski definition) is 0. The molecule has 1 amide bonds. The van der Waals surface area contributed by atoms with E-state index in [-0.39, 0.29) is 29.1 Å². The van der Waals surface area contributed by atoms with Crippen molar-refractivity contribution in [2.45, 2.75) is 45.8 Å². The molecule has 1 aromatic rings. The zero-order valence-corrected chi connectivity index (χ0v) is 17.6. The molecule has 1 aliphatic heterocycles. The minimum atomic E-state index is -2.91. The fourth-order valence-electron chi connectivity index (χ4n) is 3.03. The predicted octanol–water partition coefficient (Wildman–Crippen LogP) is 2.28. The molecule has 148 valence electrons. The number of hydrogen-bond acceptors (Lipinski definition) is 7. The lowest BCUT2D eigenvalue weighted by atomic mass is 10.1. The molecule has 2 heterocycles. The van der Waals surface area contributed by atoms with Gasteiger partial charge in [-0.1, -0.05) is 39.5 Å². The Labute approximate surface area is 160 Å². The van der Waals surface area contributed by atoms with Crippen molar-refractivity contribution >= 4 is 27.5 Å². The Morgan fingerprint density at radius 1 is 1.23 bits per heavy atom. The van der Waals surface area contributed by atoms with Crippen molar-refractivity contribution < 1.29 is 17.6 Å². The first kappa shape index (κ1) is 21.2. The average Bonchev–Trinajstić information content (AvgIpc) is 3.09. The van der Waals surface area contributed by atoms with Crippen molar-refractivity contribution in [3.05, 3.63) is 5.89 Å². The molecule has 0 aromatic carbocycles. The van der Waals surface area contributed by atoms with Crippen LogP contribution in [0, 0.1) is 17.8 Å². The molecule has 0 spiro atoms. The van der Waals surface area contributed by atoms with Gasteiger partial charge in [0.15, 0.2) is 9.84 Å². The van der Waals surface area contributed by atoms with Crippen LogP contribution in [0.3, 0.4) is 0 Å². The van der Waals surface area contributed by atoms with E-state index in [2.05, 4.69) is 37.9 Å². The topological polar surface area (TPSA) is 93.4 Å². The minimum Gasteiger partial charge on any atom is -0.416 e. The lowest BCUT2D eigenvalue weighted by Gasteiger charge is -2.26. The maximum Gasteiger partial charge on any atom is 0.277 e. The number of carbonyl (C=O) groups is 1. The normalized spacial score (nSPS) is 19.4. The van der Waals surface area contributed by atoms with Crippen molar-refractivity contribution in [2.75, 3.05) is 30.3 Å². The molecular formula is C17H29N3O4S2. The van der Waals surface area contributed by atoms with Gasteiger partial charge in [-0.15, -0.1) is 10.2 Å². The highest BCUT2D eigenvalue weighted by molar-refractivity contribution is 7.99. The maximum absolute atomic E-state index is 12.5. The van der Waals surface area contributed by atoms with Gasteiger partial charge in [0, 0.05) is 19.5 Å². The molecule has 26 heavy (non-hydrogen) atoms. The van der Waals surface area contributed by atoms with Gasteiger partial charge in [-0.05, 0) is 24.2 Å². The predicted molar refractivity (Wildman–Crippen MR) is 102 cm³/mol. The van der Waals surface area contributed by atoms with Crippen LogP contribution in [0.4, 0.5) is 0 Å². The summed E-state index contributed by atoms with van der Waals surface area (Å²) in [4.78, 5) is 14.4. The Balaban J connectivity index is 1.85. The maximum atomic E-state index is 12.5. The fourth-order valence-corrected chi connectivity index (χ4v) is 5.58. The highest BCUT2D eigenvalue weighted by atomic mass is 32.2. The molecule has 1 fully saturated rings. The van der Waals surface area contributed by atoms with Crippen LogP contribution in [0.1, 0.15) is 40.0 Å². The van der Waals surface area contributed by atoms with E-state index < -0.39 is 9.84 Å². The van der Waals surface area contributed by atoms with Gasteiger partial charge in [-0.3, -0.25) is 4.79 Å². The lowest BCUT2D eigenvalue weighted by molar-refractivity contribution is -0.129. The first-order valence-electron chi connectivity index (χ1n) is 9.08. The molecule has 1 aliphatic rings. The van der Waals surface area contributed by atoms with Gasteiger partial charge < -0.3 is 9.32 Å². The molecule has 0 bridgehead atoms. The van der Waals surface area contributed by atoms with Crippen LogP contribution in [0.15, 0.2) is 9.64 Å². The number of carbonyl (C=O) groups excluding carboxylic acids is 1. The highest BCUT2D eigenvalue weighted by Gasteiger charge is 2.29. The van der Waals surface area contributed by atoms with Crippen LogP contribution in [0.5, 0.6) is 0 Å². The van der Waals surface area contributed by atoms with Crippen molar-refractivity contribution in [1.82, 2.24) is 15.1 Å². The highest BCUT2D eigenvalue weighted by Crippen LogP contribution is 2.24. The number of sulfone groups is 1. The van der Waals surface area contributed by atoms with Gasteiger partial charge in [0.1, 0.15) is 0 Å². The van der Waals surface area contributed by atoms with Gasteiger partial charge in [0.05, 0.1) is 17.3 Å². The summed E-state index contributed by atoms with van der Waals surface area (Å²) in [5.74, 6) is 2.09. The van der Waals surface area contributed by atoms with Crippen molar-refractivity contribution in [1.29, 1.82) is 0 Å². The number of rotatable bonds is 9. The van der Waals surface area contributed by atoms with Gasteiger partial charge in [-0.25, -0.2) is 8.42 Å². The van der Waals surface area contributed by atoms with E-state index in [9.17, 15) is 13.2 Å². The quantitative estimate of drug-likeness (QED) is 0.584. The van der Waals surface area contributed by atoms with Gasteiger partial charge in [0.2, 0.25) is 11.8 Å². The van der Waals surface area contributed by atoms with E-state index in [4.69, 9.17) is 4.42 Å². The molecule has 1 atom stereocenters. The Morgan fingerprint density at radius 3 is 2.42 bits per heavy atom. The number of amides is 1. The van der Waals surface area contributed by atoms with E-state index in [0.29, 0.717) is 35.8 Å². The summed E-state index contributed by atoms with van der Waals surface area (Å²) in [6, 6.07) is 0. The van der Waals surface area contributed by atoms with Crippen LogP contribution in [0.25, 0.3) is 0 Å². The molecule has 7 nitrogen and oxygen atoms in total. The Hall–Kier alpha value is -1.09. The van der Waals surface area contributed by atoms with Gasteiger partial charge in [-0.2, -0.15) is 0 Å². The average molecular weight is 404 g/mol. The Morgan fingerprint density at radius 2 is 1.88 bits per heavy atom. The van der Waals surface area contributed by atoms with E-state index in [0.717, 1.165) is 13.1 Å². The lowest BCUT2D eigenvalue weighted by Crippen LogP contribution is -2.38. The summed E-state index contributed by atoms with van der Waals surface area (Å²) in [6.07, 6.45) is 1.12. The molecule has 1 saturated heterocycles. The summed E-state index contributed by atoms with van der Waals surface area (Å²) in [5, 5.41) is 8.33. The second kappa shape index (κ2) is 9.21. The molecular weight excluding hydrogens is 374 g/mol. The SMILES string of the molecule is CC(C)CN(CC(C)C)C(=O)CSc1nnc(CC2CCS(=O)(=O)C2)o1. The standard InChI is InChI=1S/C17H29N3O4S2/c1-12(2)8-20(9-13(3)4)16(21)10-25-17-19-18-15(24-17)7-14-5-6-26(22,23)11-14/h12-14H,5-11H2,1-4H3. The number of nitrogens with zero attached hydrogens (tertiary/aromatic N) is 3. The molecule has 1 unspecified atom stereocenters. The summed E-state index contributed by atoms with van der Waals surface area (Å²) >= 11 is 1.24. The minimum absolute atomic E-state index is 0.0486. The third kappa shape index (κ3) is 6.90. The molecule has 0 radical (unpaired) electrons. The first-order chi connectivity index (χ1) is 12.1. The van der Waals surface area contributed by atoms with Crippen molar-refractivity contribution in [3.8, 4) is 0 Å². The molecule has 0 saturated carbocycles. The van der Waals surface area contributed by atoms with Crippen LogP contribution >= 0.6 is 11.8 Å². The van der Waals surface area contributed by atoms with E-state index in [1.54, 1.807) is 0 Å². The summed E-state index contributed by atoms with van der Waals surface area (Å²) < 4.78 is 28.6. The first-order valence-corrected chi connectivity index (χ1v) is 11.9. The van der Waals surface area contributed by atoms with Gasteiger partial charge >= 0.3 is 0 Å². The van der Waals surface area contributed by atoms with Crippen LogP contribution in [-0.4, -0.2) is 59.8 Å². The second-order valence-corrected chi connectivity index (χ2v) is 11.0.